The molecule has 7 amide bonds. The highest BCUT2D eigenvalue weighted by Gasteiger charge is 2.43. The Kier molecular flexibility index (Phi) is 17.1. The van der Waals surface area contributed by atoms with Gasteiger partial charge in [0, 0.05) is 31.2 Å². The van der Waals surface area contributed by atoms with Crippen LogP contribution in [0.2, 0.25) is 0 Å². The van der Waals surface area contributed by atoms with E-state index in [1.54, 1.807) is 43.5 Å². The molecule has 354 valence electrons. The number of hydrogen-bond donors (Lipinski definition) is 9. The summed E-state index contributed by atoms with van der Waals surface area (Å²) in [7, 11) is 1.57. The minimum atomic E-state index is -1.50. The SMILES string of the molecule is COc1ccc(-c2ccc(C(=O)N[C@H]3CCCNC(=O)[C@@H]4CC(N)CN4C(=O)[C@H](CCCN)NC(=O)[C@H](CCc4ccc(O)cc4)NC(=O)[C@@H]4CCCN4C(=O)[C@H](CO)NC3=O)cc2)cc1. The van der Waals surface area contributed by atoms with Crippen LogP contribution in [0.3, 0.4) is 0 Å². The molecule has 19 heteroatoms. The third-order valence-electron chi connectivity index (χ3n) is 12.3. The fourth-order valence-electron chi connectivity index (χ4n) is 8.63. The lowest BCUT2D eigenvalue weighted by atomic mass is 10.0. The molecule has 3 aromatic rings. The molecule has 3 saturated heterocycles. The van der Waals surface area contributed by atoms with Crippen LogP contribution < -0.4 is 42.8 Å². The molecule has 1 unspecified atom stereocenters. The number of aliphatic hydroxyl groups excluding tert-OH is 1. The maximum atomic E-state index is 14.3. The summed E-state index contributed by atoms with van der Waals surface area (Å²) in [6.07, 6.45) is 1.77. The molecule has 0 aromatic heterocycles. The molecule has 11 N–H and O–H groups in total. The van der Waals surface area contributed by atoms with Gasteiger partial charge in [0.15, 0.2) is 0 Å². The third-order valence-corrected chi connectivity index (χ3v) is 12.3. The fraction of sp³-hybridized carbons (Fsp3) is 0.468. The van der Waals surface area contributed by atoms with Crippen molar-refractivity contribution < 1.29 is 48.5 Å². The van der Waals surface area contributed by atoms with Gasteiger partial charge in [-0.15, -0.1) is 0 Å². The zero-order valence-electron chi connectivity index (χ0n) is 37.1. The van der Waals surface area contributed by atoms with Crippen molar-refractivity contribution in [2.24, 2.45) is 11.5 Å². The second-order valence-corrected chi connectivity index (χ2v) is 17.0. The number of aliphatic hydroxyl groups is 1. The highest BCUT2D eigenvalue weighted by atomic mass is 16.5. The number of benzene rings is 3. The number of phenols is 1. The van der Waals surface area contributed by atoms with E-state index in [2.05, 4.69) is 26.6 Å². The van der Waals surface area contributed by atoms with Crippen molar-refractivity contribution in [1.29, 1.82) is 0 Å². The van der Waals surface area contributed by atoms with E-state index in [1.807, 2.05) is 24.3 Å². The van der Waals surface area contributed by atoms with E-state index in [9.17, 15) is 43.8 Å². The number of hydrogen-bond acceptors (Lipinski definition) is 12. The number of nitrogens with two attached hydrogens (primary N) is 2. The van der Waals surface area contributed by atoms with Crippen molar-refractivity contribution in [3.05, 3.63) is 83.9 Å². The van der Waals surface area contributed by atoms with Gasteiger partial charge in [0.1, 0.15) is 47.8 Å². The molecular formula is C47H61N9O10. The summed E-state index contributed by atoms with van der Waals surface area (Å²) in [6, 6.07) is 12.8. The van der Waals surface area contributed by atoms with Gasteiger partial charge in [-0.2, -0.15) is 0 Å². The van der Waals surface area contributed by atoms with Crippen LogP contribution in [0.15, 0.2) is 72.8 Å². The first-order chi connectivity index (χ1) is 31.8. The molecule has 0 spiro atoms. The summed E-state index contributed by atoms with van der Waals surface area (Å²) in [6.45, 7) is -0.422. The van der Waals surface area contributed by atoms with Gasteiger partial charge < -0.3 is 62.8 Å². The van der Waals surface area contributed by atoms with Gasteiger partial charge in [-0.1, -0.05) is 36.4 Å². The van der Waals surface area contributed by atoms with E-state index in [4.69, 9.17) is 16.2 Å². The molecule has 3 heterocycles. The Labute approximate surface area is 383 Å². The number of nitrogens with zero attached hydrogens (tertiary/aromatic N) is 2. The number of methoxy groups -OCH3 is 1. The number of nitrogens with one attached hydrogen (secondary N) is 5. The lowest BCUT2D eigenvalue weighted by Gasteiger charge is -2.31. The second kappa shape index (κ2) is 23.1. The number of ether oxygens (including phenoxy) is 1. The van der Waals surface area contributed by atoms with Crippen molar-refractivity contribution in [1.82, 2.24) is 36.4 Å². The largest absolute Gasteiger partial charge is 0.508 e. The van der Waals surface area contributed by atoms with E-state index in [-0.39, 0.29) is 82.4 Å². The molecule has 6 rings (SSSR count). The number of phenolic OH excluding ortho intramolecular Hbond substituents is 1. The van der Waals surface area contributed by atoms with Gasteiger partial charge in [-0.05, 0) is 117 Å². The fourth-order valence-corrected chi connectivity index (χ4v) is 8.63. The summed E-state index contributed by atoms with van der Waals surface area (Å²) in [5.74, 6) is -3.74. The van der Waals surface area contributed by atoms with Gasteiger partial charge in [-0.25, -0.2) is 0 Å². The van der Waals surface area contributed by atoms with Crippen LogP contribution in [0.4, 0.5) is 0 Å². The van der Waals surface area contributed by atoms with E-state index in [0.717, 1.165) is 16.7 Å². The normalized spacial score (nSPS) is 24.8. The van der Waals surface area contributed by atoms with E-state index >= 15 is 0 Å². The van der Waals surface area contributed by atoms with E-state index in [1.165, 1.54) is 21.9 Å². The van der Waals surface area contributed by atoms with Gasteiger partial charge in [0.2, 0.25) is 35.4 Å². The van der Waals surface area contributed by atoms with Gasteiger partial charge >= 0.3 is 0 Å². The van der Waals surface area contributed by atoms with Crippen molar-refractivity contribution in [3.63, 3.8) is 0 Å². The highest BCUT2D eigenvalue weighted by Crippen LogP contribution is 2.24. The van der Waals surface area contributed by atoms with Crippen LogP contribution in [0.1, 0.15) is 67.3 Å². The zero-order chi connectivity index (χ0) is 47.3. The predicted molar refractivity (Wildman–Crippen MR) is 242 cm³/mol. The lowest BCUT2D eigenvalue weighted by molar-refractivity contribution is -0.143. The second-order valence-electron chi connectivity index (χ2n) is 17.0. The van der Waals surface area contributed by atoms with Crippen LogP contribution in [0.5, 0.6) is 11.5 Å². The summed E-state index contributed by atoms with van der Waals surface area (Å²) >= 11 is 0. The van der Waals surface area contributed by atoms with Gasteiger partial charge in [0.05, 0.1) is 13.7 Å². The number of carbonyl (C=O) groups excluding carboxylic acids is 7. The molecular weight excluding hydrogens is 851 g/mol. The number of aromatic hydroxyl groups is 1. The Morgan fingerprint density at radius 1 is 0.758 bits per heavy atom. The number of fused-ring (bicyclic) bond motifs is 2. The molecule has 3 aliphatic heterocycles. The summed E-state index contributed by atoms with van der Waals surface area (Å²) < 4.78 is 5.24. The van der Waals surface area contributed by atoms with Crippen molar-refractivity contribution in [3.8, 4) is 22.6 Å². The number of carbonyl (C=O) groups is 7. The molecule has 0 bridgehead atoms. The Hall–Kier alpha value is -6.57. The monoisotopic (exact) mass is 911 g/mol. The Morgan fingerprint density at radius 3 is 2.08 bits per heavy atom. The number of amides is 7. The quantitative estimate of drug-likeness (QED) is 0.121. The first-order valence-corrected chi connectivity index (χ1v) is 22.5. The number of aryl methyl sites for hydroxylation is 1. The highest BCUT2D eigenvalue weighted by molar-refractivity contribution is 6.00. The first kappa shape index (κ1) is 48.9. The summed E-state index contributed by atoms with van der Waals surface area (Å²) in [4.78, 5) is 101. The maximum Gasteiger partial charge on any atom is 0.251 e. The summed E-state index contributed by atoms with van der Waals surface area (Å²) in [5, 5.41) is 34.1. The summed E-state index contributed by atoms with van der Waals surface area (Å²) in [5.41, 5.74) is 14.9. The van der Waals surface area contributed by atoms with Gasteiger partial charge in [-0.3, -0.25) is 33.6 Å². The van der Waals surface area contributed by atoms with Crippen LogP contribution in [0, 0.1) is 0 Å². The Bertz CT molecular complexity index is 2190. The van der Waals surface area contributed by atoms with Crippen LogP contribution >= 0.6 is 0 Å². The zero-order valence-corrected chi connectivity index (χ0v) is 37.1. The average molecular weight is 912 g/mol. The van der Waals surface area contributed by atoms with Crippen LogP contribution in [-0.2, 0) is 35.2 Å². The lowest BCUT2D eigenvalue weighted by Crippen LogP contribution is -2.59. The molecule has 66 heavy (non-hydrogen) atoms. The average Bonchev–Trinajstić information content (AvgIpc) is 3.99. The van der Waals surface area contributed by atoms with Crippen molar-refractivity contribution in [2.45, 2.75) is 100 Å². The Morgan fingerprint density at radius 2 is 1.41 bits per heavy atom. The van der Waals surface area contributed by atoms with Crippen LogP contribution in [-0.4, -0.2) is 144 Å². The maximum absolute atomic E-state index is 14.3. The van der Waals surface area contributed by atoms with Crippen molar-refractivity contribution >= 4 is 41.4 Å². The van der Waals surface area contributed by atoms with Crippen LogP contribution in [0.25, 0.3) is 11.1 Å². The predicted octanol–water partition coefficient (Wildman–Crippen LogP) is -0.186. The topological polar surface area (TPSA) is 288 Å². The molecule has 19 nitrogen and oxygen atoms in total. The molecule has 3 aromatic carbocycles. The third kappa shape index (κ3) is 12.4. The van der Waals surface area contributed by atoms with E-state index < -0.39 is 90.3 Å². The molecule has 0 radical (unpaired) electrons. The number of rotatable bonds is 11. The molecule has 3 fully saturated rings. The molecule has 0 aliphatic carbocycles. The first-order valence-electron chi connectivity index (χ1n) is 22.5. The molecule has 0 saturated carbocycles. The van der Waals surface area contributed by atoms with E-state index in [0.29, 0.717) is 18.6 Å². The standard InChI is InChI=1S/C47H61N9O10/c1-66-34-19-15-30(16-20-34)29-11-13-31(14-12-29)41(59)51-35-6-3-23-50-44(62)40-25-32(49)26-56(40)46(64)37(5-2-22-48)53-43(61)36(21-10-28-8-17-33(58)18-9-28)52-45(63)39-7-4-24-55(39)47(65)38(27-57)54-42(35)60/h8-9,11-20,32,35-40,57-58H,2-7,10,21-27,48-49H2,1H3,(H,50,62)(H,51,59)(H,52,63)(H,53,61)(H,54,60)/t32?,35-,36-,37-,38-,39-,40-/m0/s1. The smallest absolute Gasteiger partial charge is 0.251 e. The molecule has 3 aliphatic rings. The minimum Gasteiger partial charge on any atom is -0.508 e. The van der Waals surface area contributed by atoms with Gasteiger partial charge in [0.25, 0.3) is 5.91 Å². The van der Waals surface area contributed by atoms with Crippen molar-refractivity contribution in [2.75, 3.05) is 39.9 Å². The minimum absolute atomic E-state index is 0.00553. The molecule has 7 atom stereocenters. The Balaban J connectivity index is 1.27.